The topological polar surface area (TPSA) is 97.7 Å². The van der Waals surface area contributed by atoms with Crippen molar-refractivity contribution in [2.75, 3.05) is 6.54 Å². The van der Waals surface area contributed by atoms with Crippen molar-refractivity contribution in [2.24, 2.45) is 7.05 Å². The summed E-state index contributed by atoms with van der Waals surface area (Å²) in [5.41, 5.74) is 2.37. The highest BCUT2D eigenvalue weighted by molar-refractivity contribution is 5.94. The van der Waals surface area contributed by atoms with Crippen molar-refractivity contribution < 1.29 is 9.53 Å². The van der Waals surface area contributed by atoms with Gasteiger partial charge in [-0.2, -0.15) is 10.2 Å². The number of ether oxygens (including phenoxy) is 1. The van der Waals surface area contributed by atoms with Gasteiger partial charge in [0.15, 0.2) is 5.69 Å². The Morgan fingerprint density at radius 2 is 2.35 bits per heavy atom. The molecule has 1 amide bonds. The number of aryl methyl sites for hydroxylation is 2. The summed E-state index contributed by atoms with van der Waals surface area (Å²) in [6.07, 6.45) is 3.86. The lowest BCUT2D eigenvalue weighted by molar-refractivity contribution is -0.00697. The number of nitrogens with one attached hydrogen (secondary N) is 2. The van der Waals surface area contributed by atoms with Crippen LogP contribution in [0.3, 0.4) is 0 Å². The minimum Gasteiger partial charge on any atom is -0.369 e. The maximum atomic E-state index is 12.4. The summed E-state index contributed by atoms with van der Waals surface area (Å²) in [7, 11) is 1.86. The first-order valence-electron chi connectivity index (χ1n) is 7.90. The van der Waals surface area contributed by atoms with Gasteiger partial charge in [0, 0.05) is 32.0 Å². The van der Waals surface area contributed by atoms with Crippen LogP contribution in [0, 0.1) is 0 Å². The Morgan fingerprint density at radius 3 is 3.09 bits per heavy atom. The van der Waals surface area contributed by atoms with E-state index >= 15 is 0 Å². The lowest BCUT2D eigenvalue weighted by Gasteiger charge is -2.25. The molecule has 1 aliphatic rings. The highest BCUT2D eigenvalue weighted by Gasteiger charge is 2.29. The molecule has 0 spiro atoms. The Labute approximate surface area is 134 Å². The van der Waals surface area contributed by atoms with E-state index in [1.54, 1.807) is 4.68 Å². The van der Waals surface area contributed by atoms with E-state index in [2.05, 4.69) is 25.6 Å². The van der Waals surface area contributed by atoms with Crippen molar-refractivity contribution in [3.05, 3.63) is 29.1 Å². The molecule has 3 heterocycles. The van der Waals surface area contributed by atoms with Gasteiger partial charge < -0.3 is 10.1 Å². The molecule has 0 fully saturated rings. The number of carbonyl (C=O) groups is 1. The number of fused-ring (bicyclic) bond motifs is 1. The van der Waals surface area contributed by atoms with Crippen LogP contribution in [0.4, 0.5) is 0 Å². The molecule has 8 heteroatoms. The van der Waals surface area contributed by atoms with Gasteiger partial charge in [-0.15, -0.1) is 0 Å². The van der Waals surface area contributed by atoms with Gasteiger partial charge in [0.2, 0.25) is 0 Å². The molecular weight excluding hydrogens is 296 g/mol. The first kappa shape index (κ1) is 15.7. The third kappa shape index (κ3) is 3.26. The number of aromatic nitrogens is 5. The smallest absolute Gasteiger partial charge is 0.272 e. The SMILES string of the molecule is C[C@@H]1Cc2c(C(=O)NCCCc3ncnn3C)n[nH]c2[C@H](C)O1. The number of amides is 1. The van der Waals surface area contributed by atoms with Crippen LogP contribution in [-0.2, 0) is 24.6 Å². The van der Waals surface area contributed by atoms with E-state index < -0.39 is 0 Å². The highest BCUT2D eigenvalue weighted by atomic mass is 16.5. The van der Waals surface area contributed by atoms with Crippen molar-refractivity contribution in [2.45, 2.75) is 45.3 Å². The average molecular weight is 318 g/mol. The number of hydrogen-bond acceptors (Lipinski definition) is 5. The lowest BCUT2D eigenvalue weighted by Crippen LogP contribution is -2.28. The zero-order valence-corrected chi connectivity index (χ0v) is 13.7. The fourth-order valence-corrected chi connectivity index (χ4v) is 2.94. The molecule has 0 unspecified atom stereocenters. The van der Waals surface area contributed by atoms with Gasteiger partial charge in [0.1, 0.15) is 12.2 Å². The molecular formula is C15H22N6O2. The highest BCUT2D eigenvalue weighted by Crippen LogP contribution is 2.29. The van der Waals surface area contributed by atoms with Crippen molar-refractivity contribution >= 4 is 5.91 Å². The predicted octanol–water partition coefficient (Wildman–Crippen LogP) is 0.923. The van der Waals surface area contributed by atoms with Crippen LogP contribution in [0.25, 0.3) is 0 Å². The fourth-order valence-electron chi connectivity index (χ4n) is 2.94. The third-order valence-corrected chi connectivity index (χ3v) is 4.12. The van der Waals surface area contributed by atoms with Crippen LogP contribution in [0.2, 0.25) is 0 Å². The summed E-state index contributed by atoms with van der Waals surface area (Å²) in [5, 5.41) is 14.1. The van der Waals surface area contributed by atoms with Crippen LogP contribution >= 0.6 is 0 Å². The molecule has 8 nitrogen and oxygen atoms in total. The van der Waals surface area contributed by atoms with Crippen LogP contribution < -0.4 is 5.32 Å². The molecule has 0 aromatic carbocycles. The number of H-pyrrole nitrogens is 1. The van der Waals surface area contributed by atoms with Gasteiger partial charge in [-0.3, -0.25) is 14.6 Å². The molecule has 0 radical (unpaired) electrons. The van der Waals surface area contributed by atoms with E-state index in [0.29, 0.717) is 18.7 Å². The normalized spacial score (nSPS) is 20.3. The molecule has 1 aliphatic heterocycles. The van der Waals surface area contributed by atoms with E-state index in [9.17, 15) is 4.79 Å². The summed E-state index contributed by atoms with van der Waals surface area (Å²) in [6, 6.07) is 0. The number of aromatic amines is 1. The number of rotatable bonds is 5. The average Bonchev–Trinajstić information content (AvgIpc) is 3.10. The van der Waals surface area contributed by atoms with Gasteiger partial charge in [-0.05, 0) is 20.3 Å². The van der Waals surface area contributed by atoms with Gasteiger partial charge in [-0.25, -0.2) is 4.98 Å². The predicted molar refractivity (Wildman–Crippen MR) is 82.9 cm³/mol. The Bertz CT molecular complexity index is 692. The maximum absolute atomic E-state index is 12.4. The van der Waals surface area contributed by atoms with Gasteiger partial charge in [-0.1, -0.05) is 0 Å². The van der Waals surface area contributed by atoms with Gasteiger partial charge in [0.05, 0.1) is 17.9 Å². The largest absolute Gasteiger partial charge is 0.369 e. The quantitative estimate of drug-likeness (QED) is 0.799. The second kappa shape index (κ2) is 6.49. The molecule has 0 bridgehead atoms. The second-order valence-corrected chi connectivity index (χ2v) is 5.92. The molecule has 2 aromatic heterocycles. The first-order chi connectivity index (χ1) is 11.1. The van der Waals surface area contributed by atoms with E-state index in [1.807, 2.05) is 20.9 Å². The Kier molecular flexibility index (Phi) is 4.42. The van der Waals surface area contributed by atoms with E-state index in [-0.39, 0.29) is 18.1 Å². The summed E-state index contributed by atoms with van der Waals surface area (Å²) < 4.78 is 7.48. The van der Waals surface area contributed by atoms with Crippen molar-refractivity contribution in [3.63, 3.8) is 0 Å². The molecule has 2 aromatic rings. The van der Waals surface area contributed by atoms with Crippen LogP contribution in [0.5, 0.6) is 0 Å². The zero-order valence-electron chi connectivity index (χ0n) is 13.7. The molecule has 3 rings (SSSR count). The summed E-state index contributed by atoms with van der Waals surface area (Å²) in [4.78, 5) is 16.5. The summed E-state index contributed by atoms with van der Waals surface area (Å²) in [6.45, 7) is 4.55. The molecule has 0 aliphatic carbocycles. The number of carbonyl (C=O) groups excluding carboxylic acids is 1. The fraction of sp³-hybridized carbons (Fsp3) is 0.600. The minimum atomic E-state index is -0.137. The van der Waals surface area contributed by atoms with E-state index in [0.717, 1.165) is 29.9 Å². The van der Waals surface area contributed by atoms with Crippen LogP contribution in [0.1, 0.15) is 53.9 Å². The van der Waals surface area contributed by atoms with Crippen LogP contribution in [-0.4, -0.2) is 43.5 Å². The third-order valence-electron chi connectivity index (χ3n) is 4.12. The molecule has 23 heavy (non-hydrogen) atoms. The summed E-state index contributed by atoms with van der Waals surface area (Å²) in [5.74, 6) is 0.776. The van der Waals surface area contributed by atoms with Gasteiger partial charge in [0.25, 0.3) is 5.91 Å². The Hall–Kier alpha value is -2.22. The Balaban J connectivity index is 1.56. The molecule has 124 valence electrons. The van der Waals surface area contributed by atoms with E-state index in [1.165, 1.54) is 6.33 Å². The van der Waals surface area contributed by atoms with Crippen LogP contribution in [0.15, 0.2) is 6.33 Å². The molecule has 0 saturated carbocycles. The van der Waals surface area contributed by atoms with Gasteiger partial charge >= 0.3 is 0 Å². The van der Waals surface area contributed by atoms with Crippen molar-refractivity contribution in [1.82, 2.24) is 30.3 Å². The lowest BCUT2D eigenvalue weighted by atomic mass is 9.99. The van der Waals surface area contributed by atoms with Crippen molar-refractivity contribution in [3.8, 4) is 0 Å². The summed E-state index contributed by atoms with van der Waals surface area (Å²) >= 11 is 0. The standard InChI is InChI=1S/C15H22N6O2/c1-9-7-11-13(10(2)23-9)19-20-14(11)15(22)16-6-4-5-12-17-8-18-21(12)3/h8-10H,4-7H2,1-3H3,(H,16,22)(H,19,20)/t9-,10+/m1/s1. The monoisotopic (exact) mass is 318 g/mol. The zero-order chi connectivity index (χ0) is 16.4. The Morgan fingerprint density at radius 1 is 1.52 bits per heavy atom. The molecule has 2 N–H and O–H groups in total. The van der Waals surface area contributed by atoms with E-state index in [4.69, 9.17) is 4.74 Å². The molecule has 2 atom stereocenters. The molecule has 0 saturated heterocycles. The first-order valence-corrected chi connectivity index (χ1v) is 7.90. The minimum absolute atomic E-state index is 0.0567. The maximum Gasteiger partial charge on any atom is 0.272 e. The number of nitrogens with zero attached hydrogens (tertiary/aromatic N) is 4. The number of hydrogen-bond donors (Lipinski definition) is 2. The van der Waals surface area contributed by atoms with Crippen molar-refractivity contribution in [1.29, 1.82) is 0 Å². The second-order valence-electron chi connectivity index (χ2n) is 5.92.